The van der Waals surface area contributed by atoms with Gasteiger partial charge in [-0.25, -0.2) is 0 Å². The molecule has 0 aliphatic heterocycles. The Balaban J connectivity index is 2.23. The summed E-state index contributed by atoms with van der Waals surface area (Å²) in [5.74, 6) is 0.365. The van der Waals surface area contributed by atoms with Gasteiger partial charge in [0.1, 0.15) is 17.5 Å². The monoisotopic (exact) mass is 299 g/mol. The molecule has 0 fully saturated rings. The van der Waals surface area contributed by atoms with E-state index in [1.807, 2.05) is 36.5 Å². The average Bonchev–Trinajstić information content (AvgIpc) is 3.03. The van der Waals surface area contributed by atoms with Crippen molar-refractivity contribution in [1.82, 2.24) is 14.8 Å². The lowest BCUT2D eigenvalue weighted by molar-refractivity contribution is 0.976. The van der Waals surface area contributed by atoms with Crippen molar-refractivity contribution in [3.8, 4) is 22.3 Å². The molecule has 0 saturated heterocycles. The quantitative estimate of drug-likeness (QED) is 0.712. The van der Waals surface area contributed by atoms with Crippen LogP contribution in [0, 0.1) is 15.3 Å². The Kier molecular flexibility index (Phi) is 3.10. The lowest BCUT2D eigenvalue weighted by atomic mass is 10.1. The second-order valence-electron chi connectivity index (χ2n) is 4.05. The number of aromatic nitrogens is 3. The number of nitrogens with one attached hydrogen (secondary N) is 1. The van der Waals surface area contributed by atoms with Gasteiger partial charge in [-0.15, -0.1) is 5.10 Å². The van der Waals surface area contributed by atoms with Crippen molar-refractivity contribution in [2.45, 2.75) is 0 Å². The molecular formula is C13H9N5S2. The number of nitriles is 1. The van der Waals surface area contributed by atoms with Gasteiger partial charge in [-0.05, 0) is 17.8 Å². The van der Waals surface area contributed by atoms with E-state index < -0.39 is 0 Å². The van der Waals surface area contributed by atoms with E-state index in [-0.39, 0.29) is 0 Å². The number of rotatable bonds is 2. The molecule has 1 aromatic carbocycles. The molecule has 0 saturated carbocycles. The molecule has 98 valence electrons. The Labute approximate surface area is 123 Å². The molecule has 0 aliphatic carbocycles. The third-order valence-corrected chi connectivity index (χ3v) is 3.96. The zero-order valence-corrected chi connectivity index (χ0v) is 11.8. The molecule has 20 heavy (non-hydrogen) atoms. The van der Waals surface area contributed by atoms with Gasteiger partial charge in [0.15, 0.2) is 3.95 Å². The predicted molar refractivity (Wildman–Crippen MR) is 81.2 cm³/mol. The minimum atomic E-state index is 0.365. The highest BCUT2D eigenvalue weighted by Gasteiger charge is 2.17. The number of H-pyrrole nitrogens is 1. The van der Waals surface area contributed by atoms with Crippen LogP contribution >= 0.6 is 23.6 Å². The van der Waals surface area contributed by atoms with Crippen LogP contribution in [0.25, 0.3) is 16.3 Å². The lowest BCUT2D eigenvalue weighted by Gasteiger charge is -1.98. The fraction of sp³-hybridized carbons (Fsp3) is 0. The van der Waals surface area contributed by atoms with Crippen molar-refractivity contribution in [3.05, 3.63) is 46.0 Å². The molecule has 0 atom stereocenters. The molecule has 0 aliphatic rings. The molecule has 3 aromatic rings. The van der Waals surface area contributed by atoms with Crippen molar-refractivity contribution in [2.75, 3.05) is 5.73 Å². The van der Waals surface area contributed by atoms with E-state index in [9.17, 15) is 5.26 Å². The van der Waals surface area contributed by atoms with E-state index in [0.717, 1.165) is 11.1 Å². The van der Waals surface area contributed by atoms with Crippen LogP contribution in [-0.2, 0) is 0 Å². The van der Waals surface area contributed by atoms with Crippen LogP contribution in [0.15, 0.2) is 36.5 Å². The Hall–Kier alpha value is -2.43. The maximum Gasteiger partial charge on any atom is 0.216 e. The van der Waals surface area contributed by atoms with Gasteiger partial charge in [-0.3, -0.25) is 9.67 Å². The summed E-state index contributed by atoms with van der Waals surface area (Å²) in [5.41, 5.74) is 8.22. The minimum absolute atomic E-state index is 0.365. The highest BCUT2D eigenvalue weighted by molar-refractivity contribution is 7.73. The van der Waals surface area contributed by atoms with Gasteiger partial charge in [0.25, 0.3) is 0 Å². The Morgan fingerprint density at radius 3 is 2.70 bits per heavy atom. The molecule has 2 heterocycles. The van der Waals surface area contributed by atoms with Crippen molar-refractivity contribution in [3.63, 3.8) is 0 Å². The van der Waals surface area contributed by atoms with E-state index in [0.29, 0.717) is 20.5 Å². The highest BCUT2D eigenvalue weighted by atomic mass is 32.1. The molecule has 3 rings (SSSR count). The van der Waals surface area contributed by atoms with E-state index in [1.165, 1.54) is 11.3 Å². The van der Waals surface area contributed by atoms with Crippen LogP contribution in [0.2, 0.25) is 0 Å². The summed E-state index contributed by atoms with van der Waals surface area (Å²) in [4.78, 5) is 0. The molecule has 2 aromatic heterocycles. The summed E-state index contributed by atoms with van der Waals surface area (Å²) in [6.07, 6.45) is 1.81. The second-order valence-corrected chi connectivity index (χ2v) is 5.69. The van der Waals surface area contributed by atoms with E-state index in [2.05, 4.69) is 16.3 Å². The van der Waals surface area contributed by atoms with Crippen LogP contribution in [0.1, 0.15) is 5.56 Å². The summed E-state index contributed by atoms with van der Waals surface area (Å²) < 4.78 is 2.24. The maximum absolute atomic E-state index is 9.34. The van der Waals surface area contributed by atoms with E-state index >= 15 is 0 Å². The number of anilines is 1. The Morgan fingerprint density at radius 2 is 2.10 bits per heavy atom. The normalized spacial score (nSPS) is 10.3. The second kappa shape index (κ2) is 4.92. The standard InChI is InChI=1S/C13H9N5S2/c14-6-9-10(8-4-2-1-3-5-8)7-18(11(9)15)12-16-17-13(19)20-12/h1-5,7H,15H2,(H,17,19). The van der Waals surface area contributed by atoms with Crippen molar-refractivity contribution < 1.29 is 0 Å². The number of hydrogen-bond donors (Lipinski definition) is 2. The summed E-state index contributed by atoms with van der Waals surface area (Å²) in [5, 5.41) is 16.8. The van der Waals surface area contributed by atoms with E-state index in [1.54, 1.807) is 4.57 Å². The van der Waals surface area contributed by atoms with Crippen LogP contribution in [0.3, 0.4) is 0 Å². The smallest absolute Gasteiger partial charge is 0.216 e. The van der Waals surface area contributed by atoms with Gasteiger partial charge >= 0.3 is 0 Å². The number of nitrogens with zero attached hydrogens (tertiary/aromatic N) is 3. The maximum atomic E-state index is 9.34. The number of nitrogen functional groups attached to an aromatic ring is 1. The number of aromatic amines is 1. The summed E-state index contributed by atoms with van der Waals surface area (Å²) in [6.45, 7) is 0. The average molecular weight is 299 g/mol. The zero-order valence-electron chi connectivity index (χ0n) is 10.2. The molecular weight excluding hydrogens is 290 g/mol. The number of nitrogens with two attached hydrogens (primary N) is 1. The SMILES string of the molecule is N#Cc1c(-c2ccccc2)cn(-c2n[nH]c(=S)s2)c1N. The lowest BCUT2D eigenvalue weighted by Crippen LogP contribution is -1.99. The van der Waals surface area contributed by atoms with Gasteiger partial charge < -0.3 is 5.73 Å². The third-order valence-electron chi connectivity index (χ3n) is 2.87. The molecule has 0 radical (unpaired) electrons. The molecule has 0 spiro atoms. The molecule has 0 amide bonds. The number of benzene rings is 1. The molecule has 5 nitrogen and oxygen atoms in total. The van der Waals surface area contributed by atoms with Crippen LogP contribution in [0.5, 0.6) is 0 Å². The fourth-order valence-electron chi connectivity index (χ4n) is 1.96. The first-order chi connectivity index (χ1) is 9.70. The largest absolute Gasteiger partial charge is 0.384 e. The molecule has 3 N–H and O–H groups in total. The van der Waals surface area contributed by atoms with Gasteiger partial charge in [-0.2, -0.15) is 5.26 Å². The summed E-state index contributed by atoms with van der Waals surface area (Å²) in [6, 6.07) is 11.8. The Morgan fingerprint density at radius 1 is 1.35 bits per heavy atom. The zero-order chi connectivity index (χ0) is 14.1. The predicted octanol–water partition coefficient (Wildman–Crippen LogP) is 3.11. The van der Waals surface area contributed by atoms with Gasteiger partial charge in [-0.1, -0.05) is 41.7 Å². The highest BCUT2D eigenvalue weighted by Crippen LogP contribution is 2.31. The summed E-state index contributed by atoms with van der Waals surface area (Å²) in [7, 11) is 0. The van der Waals surface area contributed by atoms with Crippen molar-refractivity contribution in [1.29, 1.82) is 5.26 Å². The topological polar surface area (TPSA) is 83.4 Å². The van der Waals surface area contributed by atoms with Crippen LogP contribution in [0.4, 0.5) is 5.82 Å². The van der Waals surface area contributed by atoms with Gasteiger partial charge in [0.05, 0.1) is 0 Å². The molecule has 0 bridgehead atoms. The third kappa shape index (κ3) is 2.01. The van der Waals surface area contributed by atoms with Gasteiger partial charge in [0, 0.05) is 11.8 Å². The van der Waals surface area contributed by atoms with Gasteiger partial charge in [0.2, 0.25) is 5.13 Å². The van der Waals surface area contributed by atoms with Crippen molar-refractivity contribution >= 4 is 29.4 Å². The van der Waals surface area contributed by atoms with Crippen LogP contribution in [-0.4, -0.2) is 14.8 Å². The minimum Gasteiger partial charge on any atom is -0.384 e. The fourth-order valence-corrected chi connectivity index (χ4v) is 2.83. The number of hydrogen-bond acceptors (Lipinski definition) is 5. The van der Waals surface area contributed by atoms with E-state index in [4.69, 9.17) is 18.0 Å². The first kappa shape index (κ1) is 12.6. The first-order valence-electron chi connectivity index (χ1n) is 5.73. The van der Waals surface area contributed by atoms with Crippen molar-refractivity contribution in [2.24, 2.45) is 0 Å². The van der Waals surface area contributed by atoms with Crippen LogP contribution < -0.4 is 5.73 Å². The summed E-state index contributed by atoms with van der Waals surface area (Å²) >= 11 is 6.32. The molecule has 7 heteroatoms. The first-order valence-corrected chi connectivity index (χ1v) is 6.95. The molecule has 0 unspecified atom stereocenters. The Bertz CT molecular complexity index is 851.